The maximum atomic E-state index is 8.89. The highest BCUT2D eigenvalue weighted by atomic mass is 16.5. The van der Waals surface area contributed by atoms with Crippen LogP contribution in [0.1, 0.15) is 57.4 Å². The minimum atomic E-state index is 0.693. The lowest BCUT2D eigenvalue weighted by Crippen LogP contribution is -2.20. The first-order chi connectivity index (χ1) is 12.8. The van der Waals surface area contributed by atoms with Crippen molar-refractivity contribution in [2.75, 3.05) is 6.61 Å². The van der Waals surface area contributed by atoms with Gasteiger partial charge in [0.05, 0.1) is 18.2 Å². The van der Waals surface area contributed by atoms with E-state index in [9.17, 15) is 0 Å². The van der Waals surface area contributed by atoms with Gasteiger partial charge in [-0.05, 0) is 60.1 Å². The fraction of sp³-hybridized carbons (Fsp3) is 0.458. The molecule has 0 aromatic heterocycles. The zero-order chi connectivity index (χ0) is 18.2. The summed E-state index contributed by atoms with van der Waals surface area (Å²) in [6.07, 6.45) is 9.52. The van der Waals surface area contributed by atoms with Gasteiger partial charge in [0.25, 0.3) is 0 Å². The van der Waals surface area contributed by atoms with Gasteiger partial charge in [-0.2, -0.15) is 5.26 Å². The first kappa shape index (κ1) is 18.5. The fourth-order valence-electron chi connectivity index (χ4n) is 3.87. The van der Waals surface area contributed by atoms with Crippen LogP contribution in [-0.2, 0) is 0 Å². The first-order valence-electron chi connectivity index (χ1n) is 10.0. The van der Waals surface area contributed by atoms with Crippen LogP contribution in [-0.4, -0.2) is 6.61 Å². The molecular formula is C24H29NO. The molecule has 0 N–H and O–H groups in total. The first-order valence-corrected chi connectivity index (χ1v) is 10.0. The Morgan fingerprint density at radius 2 is 1.46 bits per heavy atom. The molecule has 0 spiro atoms. The third-order valence-electron chi connectivity index (χ3n) is 5.62. The van der Waals surface area contributed by atoms with Crippen molar-refractivity contribution in [1.82, 2.24) is 0 Å². The molecule has 0 aliphatic heterocycles. The van der Waals surface area contributed by atoms with Crippen LogP contribution in [0, 0.1) is 23.2 Å². The zero-order valence-electron chi connectivity index (χ0n) is 15.8. The third-order valence-corrected chi connectivity index (χ3v) is 5.62. The highest BCUT2D eigenvalue weighted by Crippen LogP contribution is 2.32. The summed E-state index contributed by atoms with van der Waals surface area (Å²) in [6.45, 7) is 3.13. The fourth-order valence-corrected chi connectivity index (χ4v) is 3.87. The van der Waals surface area contributed by atoms with Crippen molar-refractivity contribution in [3.05, 3.63) is 54.1 Å². The Balaban J connectivity index is 1.47. The maximum Gasteiger partial charge on any atom is 0.119 e. The van der Waals surface area contributed by atoms with E-state index in [0.29, 0.717) is 11.5 Å². The predicted molar refractivity (Wildman–Crippen MR) is 107 cm³/mol. The molecule has 0 atom stereocenters. The molecule has 2 nitrogen and oxygen atoms in total. The standard InChI is InChI=1S/C24H29NO/c1-2-3-4-19-5-7-21(8-6-19)18-26-24-15-13-23(14-16-24)22-11-9-20(17-25)10-12-22/h9-16,19,21H,2-8,18H2,1H3/t19-,21-. The van der Waals surface area contributed by atoms with E-state index in [0.717, 1.165) is 29.4 Å². The van der Waals surface area contributed by atoms with Crippen molar-refractivity contribution >= 4 is 0 Å². The van der Waals surface area contributed by atoms with E-state index in [2.05, 4.69) is 37.3 Å². The van der Waals surface area contributed by atoms with Gasteiger partial charge in [0.1, 0.15) is 5.75 Å². The summed E-state index contributed by atoms with van der Waals surface area (Å²) in [5, 5.41) is 8.89. The van der Waals surface area contributed by atoms with Gasteiger partial charge >= 0.3 is 0 Å². The number of ether oxygens (including phenoxy) is 1. The highest BCUT2D eigenvalue weighted by molar-refractivity contribution is 5.64. The molecular weight excluding hydrogens is 318 g/mol. The van der Waals surface area contributed by atoms with Crippen LogP contribution in [0.4, 0.5) is 0 Å². The van der Waals surface area contributed by atoms with Crippen LogP contribution >= 0.6 is 0 Å². The van der Waals surface area contributed by atoms with Crippen LogP contribution < -0.4 is 4.74 Å². The molecule has 136 valence electrons. The number of hydrogen-bond donors (Lipinski definition) is 0. The Labute approximate surface area is 157 Å². The van der Waals surface area contributed by atoms with Crippen molar-refractivity contribution in [3.63, 3.8) is 0 Å². The molecule has 2 aromatic rings. The van der Waals surface area contributed by atoms with Gasteiger partial charge in [-0.3, -0.25) is 0 Å². The molecule has 26 heavy (non-hydrogen) atoms. The van der Waals surface area contributed by atoms with Crippen LogP contribution in [0.3, 0.4) is 0 Å². The maximum absolute atomic E-state index is 8.89. The molecule has 0 bridgehead atoms. The number of nitriles is 1. The monoisotopic (exact) mass is 347 g/mol. The van der Waals surface area contributed by atoms with Gasteiger partial charge in [-0.15, -0.1) is 0 Å². The molecule has 0 radical (unpaired) electrons. The van der Waals surface area contributed by atoms with Crippen molar-refractivity contribution in [3.8, 4) is 22.9 Å². The third kappa shape index (κ3) is 5.11. The lowest BCUT2D eigenvalue weighted by atomic mass is 9.80. The Morgan fingerprint density at radius 1 is 0.885 bits per heavy atom. The molecule has 0 heterocycles. The second-order valence-corrected chi connectivity index (χ2v) is 7.55. The zero-order valence-corrected chi connectivity index (χ0v) is 15.8. The summed E-state index contributed by atoms with van der Waals surface area (Å²) in [7, 11) is 0. The number of unbranched alkanes of at least 4 members (excludes halogenated alkanes) is 1. The van der Waals surface area contributed by atoms with Gasteiger partial charge in [-0.1, -0.05) is 63.3 Å². The molecule has 1 aliphatic rings. The molecule has 2 heteroatoms. The van der Waals surface area contributed by atoms with Crippen LogP contribution in [0.5, 0.6) is 5.75 Å². The lowest BCUT2D eigenvalue weighted by Gasteiger charge is -2.28. The van der Waals surface area contributed by atoms with Gasteiger partial charge < -0.3 is 4.74 Å². The summed E-state index contributed by atoms with van der Waals surface area (Å²) >= 11 is 0. The number of nitrogens with zero attached hydrogens (tertiary/aromatic N) is 1. The topological polar surface area (TPSA) is 33.0 Å². The highest BCUT2D eigenvalue weighted by Gasteiger charge is 2.21. The minimum absolute atomic E-state index is 0.693. The quantitative estimate of drug-likeness (QED) is 0.565. The average molecular weight is 348 g/mol. The second kappa shape index (κ2) is 9.43. The van der Waals surface area contributed by atoms with Gasteiger partial charge in [-0.25, -0.2) is 0 Å². The largest absolute Gasteiger partial charge is 0.493 e. The van der Waals surface area contributed by atoms with Crippen molar-refractivity contribution in [2.45, 2.75) is 51.9 Å². The summed E-state index contributed by atoms with van der Waals surface area (Å²) in [5.41, 5.74) is 2.97. The Bertz CT molecular complexity index is 703. The summed E-state index contributed by atoms with van der Waals surface area (Å²) in [4.78, 5) is 0. The number of rotatable bonds is 7. The molecule has 0 unspecified atom stereocenters. The molecule has 1 fully saturated rings. The number of hydrogen-bond acceptors (Lipinski definition) is 2. The molecule has 2 aromatic carbocycles. The Morgan fingerprint density at radius 3 is 2.04 bits per heavy atom. The van der Waals surface area contributed by atoms with E-state index in [1.54, 1.807) is 0 Å². The SMILES string of the molecule is CCCC[C@H]1CC[C@H](COc2ccc(-c3ccc(C#N)cc3)cc2)CC1. The van der Waals surface area contributed by atoms with E-state index in [4.69, 9.17) is 10.00 Å². The molecule has 1 saturated carbocycles. The van der Waals surface area contributed by atoms with E-state index in [1.165, 1.54) is 44.9 Å². The van der Waals surface area contributed by atoms with Crippen molar-refractivity contribution < 1.29 is 4.74 Å². The second-order valence-electron chi connectivity index (χ2n) is 7.55. The van der Waals surface area contributed by atoms with Crippen molar-refractivity contribution in [1.29, 1.82) is 5.26 Å². The summed E-state index contributed by atoms with van der Waals surface area (Å²) < 4.78 is 6.05. The predicted octanol–water partition coefficient (Wildman–Crippen LogP) is 6.60. The van der Waals surface area contributed by atoms with Gasteiger partial charge in [0, 0.05) is 0 Å². The molecule has 0 amide bonds. The average Bonchev–Trinajstić information content (AvgIpc) is 2.72. The Hall–Kier alpha value is -2.27. The normalized spacial score (nSPS) is 19.7. The van der Waals surface area contributed by atoms with Crippen LogP contribution in [0.15, 0.2) is 48.5 Å². The smallest absolute Gasteiger partial charge is 0.119 e. The van der Waals surface area contributed by atoms with E-state index < -0.39 is 0 Å². The summed E-state index contributed by atoms with van der Waals surface area (Å²) in [5.74, 6) is 2.62. The Kier molecular flexibility index (Phi) is 6.72. The molecule has 3 rings (SSSR count). The van der Waals surface area contributed by atoms with E-state index in [-0.39, 0.29) is 0 Å². The van der Waals surface area contributed by atoms with E-state index >= 15 is 0 Å². The van der Waals surface area contributed by atoms with Crippen LogP contribution in [0.25, 0.3) is 11.1 Å². The lowest BCUT2D eigenvalue weighted by molar-refractivity contribution is 0.178. The molecule has 0 saturated heterocycles. The van der Waals surface area contributed by atoms with Crippen molar-refractivity contribution in [2.24, 2.45) is 11.8 Å². The minimum Gasteiger partial charge on any atom is -0.493 e. The van der Waals surface area contributed by atoms with E-state index in [1.807, 2.05) is 24.3 Å². The van der Waals surface area contributed by atoms with Gasteiger partial charge in [0.15, 0.2) is 0 Å². The van der Waals surface area contributed by atoms with Gasteiger partial charge in [0.2, 0.25) is 0 Å². The summed E-state index contributed by atoms with van der Waals surface area (Å²) in [6, 6.07) is 18.2. The molecule has 1 aliphatic carbocycles. The van der Waals surface area contributed by atoms with Crippen LogP contribution in [0.2, 0.25) is 0 Å². The number of benzene rings is 2.